The molecule has 0 fully saturated rings. The van der Waals surface area contributed by atoms with Gasteiger partial charge in [0.2, 0.25) is 5.91 Å². The predicted molar refractivity (Wildman–Crippen MR) is 90.9 cm³/mol. The highest BCUT2D eigenvalue weighted by molar-refractivity contribution is 8.01. The van der Waals surface area contributed by atoms with Crippen LogP contribution in [0.25, 0.3) is 0 Å². The first kappa shape index (κ1) is 15.0. The highest BCUT2D eigenvalue weighted by atomic mass is 32.2. The highest BCUT2D eigenvalue weighted by Gasteiger charge is 2.28. The van der Waals surface area contributed by atoms with Gasteiger partial charge in [-0.05, 0) is 49.6 Å². The van der Waals surface area contributed by atoms with E-state index in [1.807, 2.05) is 25.1 Å². The number of benzene rings is 2. The molecule has 0 aliphatic carbocycles. The number of ether oxygens (including phenoxy) is 1. The Morgan fingerprint density at radius 3 is 2.68 bits per heavy atom. The van der Waals surface area contributed by atoms with E-state index < -0.39 is 0 Å². The van der Waals surface area contributed by atoms with Gasteiger partial charge < -0.3 is 10.1 Å². The summed E-state index contributed by atoms with van der Waals surface area (Å²) in [4.78, 5) is 13.8. The number of hydrogen-bond acceptors (Lipinski definition) is 3. The largest absolute Gasteiger partial charge is 0.495 e. The molecule has 114 valence electrons. The maximum absolute atomic E-state index is 12.6. The van der Waals surface area contributed by atoms with Crippen LogP contribution in [-0.2, 0) is 11.2 Å². The van der Waals surface area contributed by atoms with Crippen LogP contribution in [0.4, 0.5) is 5.69 Å². The number of thioether (sulfide) groups is 1. The van der Waals surface area contributed by atoms with Gasteiger partial charge in [-0.15, -0.1) is 11.8 Å². The molecule has 0 radical (unpaired) electrons. The number of carbonyl (C=O) groups is 1. The van der Waals surface area contributed by atoms with Gasteiger partial charge in [0.25, 0.3) is 0 Å². The van der Waals surface area contributed by atoms with E-state index in [1.54, 1.807) is 18.9 Å². The molecule has 0 unspecified atom stereocenters. The lowest BCUT2D eigenvalue weighted by Gasteiger charge is -2.13. The molecular formula is C18H19NO2S. The summed E-state index contributed by atoms with van der Waals surface area (Å²) in [5, 5.41) is 2.93. The zero-order valence-electron chi connectivity index (χ0n) is 13.0. The normalized spacial score (nSPS) is 16.2. The number of hydrogen-bond donors (Lipinski definition) is 1. The highest BCUT2D eigenvalue weighted by Crippen LogP contribution is 2.38. The molecule has 22 heavy (non-hydrogen) atoms. The third-order valence-corrected chi connectivity index (χ3v) is 5.10. The number of amides is 1. The summed E-state index contributed by atoms with van der Waals surface area (Å²) in [7, 11) is 1.61. The standard InChI is InChI=1S/C18H19NO2S/c1-11-5-7-15(21-3)14(8-11)19-18(20)17-10-13-6-4-12(2)9-16(13)22-17/h4-9,17H,10H2,1-3H3,(H,19,20)/t17-/m1/s1. The first-order valence-corrected chi connectivity index (χ1v) is 8.16. The van der Waals surface area contributed by atoms with E-state index in [0.717, 1.165) is 17.7 Å². The van der Waals surface area contributed by atoms with E-state index in [9.17, 15) is 4.79 Å². The van der Waals surface area contributed by atoms with E-state index >= 15 is 0 Å². The molecule has 1 amide bonds. The molecule has 0 saturated carbocycles. The third-order valence-electron chi connectivity index (χ3n) is 3.80. The third kappa shape index (κ3) is 2.97. The number of fused-ring (bicyclic) bond motifs is 1. The topological polar surface area (TPSA) is 38.3 Å². The molecule has 2 aromatic carbocycles. The van der Waals surface area contributed by atoms with E-state index in [-0.39, 0.29) is 11.2 Å². The quantitative estimate of drug-likeness (QED) is 0.932. The van der Waals surface area contributed by atoms with Crippen molar-refractivity contribution in [2.45, 2.75) is 30.4 Å². The summed E-state index contributed by atoms with van der Waals surface area (Å²) in [6, 6.07) is 12.2. The van der Waals surface area contributed by atoms with Crippen molar-refractivity contribution in [2.24, 2.45) is 0 Å². The fraction of sp³-hybridized carbons (Fsp3) is 0.278. The van der Waals surface area contributed by atoms with Gasteiger partial charge in [-0.2, -0.15) is 0 Å². The number of nitrogens with one attached hydrogen (secondary N) is 1. The number of carbonyl (C=O) groups excluding carboxylic acids is 1. The van der Waals surface area contributed by atoms with Gasteiger partial charge in [-0.1, -0.05) is 23.8 Å². The second kappa shape index (κ2) is 6.05. The van der Waals surface area contributed by atoms with Gasteiger partial charge in [0.1, 0.15) is 5.75 Å². The van der Waals surface area contributed by atoms with Crippen molar-refractivity contribution < 1.29 is 9.53 Å². The molecule has 3 nitrogen and oxygen atoms in total. The number of rotatable bonds is 3. The fourth-order valence-electron chi connectivity index (χ4n) is 2.61. The number of anilines is 1. The molecule has 3 rings (SSSR count). The van der Waals surface area contributed by atoms with E-state index in [2.05, 4.69) is 30.4 Å². The Kier molecular flexibility index (Phi) is 4.12. The zero-order valence-corrected chi connectivity index (χ0v) is 13.8. The van der Waals surface area contributed by atoms with Crippen LogP contribution in [0.2, 0.25) is 0 Å². The van der Waals surface area contributed by atoms with Gasteiger partial charge in [0, 0.05) is 4.90 Å². The zero-order chi connectivity index (χ0) is 15.7. The van der Waals surface area contributed by atoms with Crippen LogP contribution in [0.5, 0.6) is 5.75 Å². The van der Waals surface area contributed by atoms with Crippen LogP contribution in [0, 0.1) is 13.8 Å². The lowest BCUT2D eigenvalue weighted by Crippen LogP contribution is -2.24. The lowest BCUT2D eigenvalue weighted by atomic mass is 10.1. The molecule has 0 aromatic heterocycles. The molecule has 1 heterocycles. The summed E-state index contributed by atoms with van der Waals surface area (Å²) < 4.78 is 5.32. The lowest BCUT2D eigenvalue weighted by molar-refractivity contribution is -0.115. The monoisotopic (exact) mass is 313 g/mol. The molecule has 0 saturated heterocycles. The SMILES string of the molecule is COc1ccc(C)cc1NC(=O)[C@H]1Cc2ccc(C)cc2S1. The van der Waals surface area contributed by atoms with Gasteiger partial charge in [-0.3, -0.25) is 4.79 Å². The Morgan fingerprint density at radius 2 is 1.91 bits per heavy atom. The minimum atomic E-state index is -0.0815. The predicted octanol–water partition coefficient (Wildman–Crippen LogP) is 3.97. The molecule has 1 N–H and O–H groups in total. The van der Waals surface area contributed by atoms with Crippen molar-refractivity contribution in [2.75, 3.05) is 12.4 Å². The van der Waals surface area contributed by atoms with Crippen LogP contribution in [-0.4, -0.2) is 18.3 Å². The average Bonchev–Trinajstić information content (AvgIpc) is 2.90. The van der Waals surface area contributed by atoms with Crippen LogP contribution < -0.4 is 10.1 Å². The number of methoxy groups -OCH3 is 1. The Labute approximate surface area is 135 Å². The second-order valence-corrected chi connectivity index (χ2v) is 6.86. The van der Waals surface area contributed by atoms with Crippen LogP contribution in [0.1, 0.15) is 16.7 Å². The molecule has 1 aliphatic heterocycles. The molecule has 1 aliphatic rings. The molecule has 1 atom stereocenters. The van der Waals surface area contributed by atoms with Crippen molar-refractivity contribution in [1.29, 1.82) is 0 Å². The van der Waals surface area contributed by atoms with Crippen molar-refractivity contribution in [1.82, 2.24) is 0 Å². The van der Waals surface area contributed by atoms with Gasteiger partial charge in [-0.25, -0.2) is 0 Å². The first-order chi connectivity index (χ1) is 10.6. The minimum absolute atomic E-state index is 0.0303. The molecule has 0 bridgehead atoms. The summed E-state index contributed by atoms with van der Waals surface area (Å²) in [6.07, 6.45) is 0.778. The Morgan fingerprint density at radius 1 is 1.18 bits per heavy atom. The Balaban J connectivity index is 1.75. The van der Waals surface area contributed by atoms with Gasteiger partial charge in [0.15, 0.2) is 0 Å². The van der Waals surface area contributed by atoms with Gasteiger partial charge in [0.05, 0.1) is 18.0 Å². The minimum Gasteiger partial charge on any atom is -0.495 e. The molecular weight excluding hydrogens is 294 g/mol. The van der Waals surface area contributed by atoms with E-state index in [1.165, 1.54) is 16.0 Å². The van der Waals surface area contributed by atoms with Gasteiger partial charge >= 0.3 is 0 Å². The van der Waals surface area contributed by atoms with Crippen LogP contribution in [0.15, 0.2) is 41.3 Å². The van der Waals surface area contributed by atoms with E-state index in [0.29, 0.717) is 5.75 Å². The second-order valence-electron chi connectivity index (χ2n) is 5.61. The maximum Gasteiger partial charge on any atom is 0.238 e. The maximum atomic E-state index is 12.6. The molecule has 4 heteroatoms. The smallest absolute Gasteiger partial charge is 0.238 e. The fourth-order valence-corrected chi connectivity index (χ4v) is 3.91. The Hall–Kier alpha value is -1.94. The van der Waals surface area contributed by atoms with Crippen LogP contribution >= 0.6 is 11.8 Å². The summed E-state index contributed by atoms with van der Waals surface area (Å²) in [6.45, 7) is 4.07. The molecule has 0 spiro atoms. The van der Waals surface area contributed by atoms with Crippen molar-refractivity contribution in [3.63, 3.8) is 0 Å². The summed E-state index contributed by atoms with van der Waals surface area (Å²) >= 11 is 1.64. The first-order valence-electron chi connectivity index (χ1n) is 7.28. The van der Waals surface area contributed by atoms with Crippen molar-refractivity contribution >= 4 is 23.4 Å². The van der Waals surface area contributed by atoms with Crippen LogP contribution in [0.3, 0.4) is 0 Å². The number of aryl methyl sites for hydroxylation is 2. The van der Waals surface area contributed by atoms with E-state index in [4.69, 9.17) is 4.74 Å². The summed E-state index contributed by atoms with van der Waals surface area (Å²) in [5.74, 6) is 0.720. The average molecular weight is 313 g/mol. The Bertz CT molecular complexity index is 727. The molecule has 2 aromatic rings. The van der Waals surface area contributed by atoms with Crippen molar-refractivity contribution in [3.05, 3.63) is 53.1 Å². The van der Waals surface area contributed by atoms with Crippen molar-refractivity contribution in [3.8, 4) is 5.75 Å². The summed E-state index contributed by atoms with van der Waals surface area (Å²) in [5.41, 5.74) is 4.31.